The Kier molecular flexibility index (Phi) is 3.95. The molecule has 0 saturated heterocycles. The number of anilines is 1. The first kappa shape index (κ1) is 13.3. The molecule has 0 aliphatic carbocycles. The monoisotopic (exact) mass is 257 g/mol. The van der Waals surface area contributed by atoms with E-state index in [0.717, 1.165) is 29.0 Å². The smallest absolute Gasteiger partial charge is 0.122 e. The molecule has 0 spiro atoms. The van der Waals surface area contributed by atoms with Crippen molar-refractivity contribution in [3.63, 3.8) is 0 Å². The van der Waals surface area contributed by atoms with Crippen LogP contribution >= 0.6 is 0 Å². The molecule has 0 radical (unpaired) electrons. The molecule has 100 valence electrons. The zero-order chi connectivity index (χ0) is 13.8. The molecule has 0 saturated carbocycles. The van der Waals surface area contributed by atoms with Crippen LogP contribution in [0.1, 0.15) is 23.6 Å². The SMILES string of the molecule is CCc1cccc(N)c1COc1ccc(O)cc1C. The predicted octanol–water partition coefficient (Wildman–Crippen LogP) is 3.42. The van der Waals surface area contributed by atoms with Crippen LogP contribution in [0.3, 0.4) is 0 Å². The minimum Gasteiger partial charge on any atom is -0.508 e. The Balaban J connectivity index is 2.19. The summed E-state index contributed by atoms with van der Waals surface area (Å²) in [7, 11) is 0. The van der Waals surface area contributed by atoms with Gasteiger partial charge in [-0.25, -0.2) is 0 Å². The molecule has 2 aromatic rings. The van der Waals surface area contributed by atoms with Crippen molar-refractivity contribution in [1.29, 1.82) is 0 Å². The molecular weight excluding hydrogens is 238 g/mol. The second-order valence-electron chi connectivity index (χ2n) is 4.58. The first-order valence-electron chi connectivity index (χ1n) is 6.40. The molecule has 0 unspecified atom stereocenters. The molecule has 0 aliphatic rings. The summed E-state index contributed by atoms with van der Waals surface area (Å²) in [5.74, 6) is 1.02. The summed E-state index contributed by atoms with van der Waals surface area (Å²) in [6.45, 7) is 4.45. The van der Waals surface area contributed by atoms with Gasteiger partial charge in [-0.2, -0.15) is 0 Å². The minimum absolute atomic E-state index is 0.248. The zero-order valence-corrected chi connectivity index (χ0v) is 11.3. The van der Waals surface area contributed by atoms with E-state index in [4.69, 9.17) is 10.5 Å². The standard InChI is InChI=1S/C16H19NO2/c1-3-12-5-4-6-15(17)14(12)10-19-16-8-7-13(18)9-11(16)2/h4-9,18H,3,10,17H2,1-2H3. The lowest BCUT2D eigenvalue weighted by Crippen LogP contribution is -2.04. The van der Waals surface area contributed by atoms with E-state index in [1.807, 2.05) is 19.1 Å². The molecule has 19 heavy (non-hydrogen) atoms. The Labute approximate surface area is 113 Å². The summed E-state index contributed by atoms with van der Waals surface area (Å²) in [6, 6.07) is 11.0. The summed E-state index contributed by atoms with van der Waals surface area (Å²) in [4.78, 5) is 0. The van der Waals surface area contributed by atoms with Gasteiger partial charge in [0.2, 0.25) is 0 Å². The van der Waals surface area contributed by atoms with E-state index in [-0.39, 0.29) is 5.75 Å². The first-order valence-corrected chi connectivity index (χ1v) is 6.40. The Bertz CT molecular complexity index is 579. The summed E-state index contributed by atoms with van der Waals surface area (Å²) in [5.41, 5.74) is 9.92. The number of ether oxygens (including phenoxy) is 1. The fraction of sp³-hybridized carbons (Fsp3) is 0.250. The normalized spacial score (nSPS) is 10.4. The second kappa shape index (κ2) is 5.65. The lowest BCUT2D eigenvalue weighted by atomic mass is 10.0. The van der Waals surface area contributed by atoms with Crippen molar-refractivity contribution in [3.05, 3.63) is 53.1 Å². The van der Waals surface area contributed by atoms with Gasteiger partial charge in [-0.1, -0.05) is 19.1 Å². The van der Waals surface area contributed by atoms with Crippen LogP contribution in [-0.2, 0) is 13.0 Å². The van der Waals surface area contributed by atoms with E-state index >= 15 is 0 Å². The van der Waals surface area contributed by atoms with Gasteiger partial charge in [0.25, 0.3) is 0 Å². The van der Waals surface area contributed by atoms with E-state index in [1.165, 1.54) is 5.56 Å². The Hall–Kier alpha value is -2.16. The van der Waals surface area contributed by atoms with E-state index < -0.39 is 0 Å². The maximum Gasteiger partial charge on any atom is 0.122 e. The number of benzene rings is 2. The number of phenols is 1. The highest BCUT2D eigenvalue weighted by molar-refractivity contribution is 5.51. The van der Waals surface area contributed by atoms with Crippen molar-refractivity contribution in [2.45, 2.75) is 26.9 Å². The largest absolute Gasteiger partial charge is 0.508 e. The van der Waals surface area contributed by atoms with E-state index in [2.05, 4.69) is 13.0 Å². The van der Waals surface area contributed by atoms with Crippen molar-refractivity contribution < 1.29 is 9.84 Å². The Morgan fingerprint density at radius 1 is 1.21 bits per heavy atom. The van der Waals surface area contributed by atoms with E-state index in [1.54, 1.807) is 18.2 Å². The average Bonchev–Trinajstić information content (AvgIpc) is 2.39. The van der Waals surface area contributed by atoms with Gasteiger partial charge in [-0.05, 0) is 48.7 Å². The van der Waals surface area contributed by atoms with Crippen molar-refractivity contribution in [1.82, 2.24) is 0 Å². The molecule has 0 aromatic heterocycles. The zero-order valence-electron chi connectivity index (χ0n) is 11.3. The molecule has 3 nitrogen and oxygen atoms in total. The molecule has 3 N–H and O–H groups in total. The van der Waals surface area contributed by atoms with Gasteiger partial charge in [-0.3, -0.25) is 0 Å². The highest BCUT2D eigenvalue weighted by atomic mass is 16.5. The van der Waals surface area contributed by atoms with E-state index in [9.17, 15) is 5.11 Å². The maximum atomic E-state index is 9.37. The van der Waals surface area contributed by atoms with Crippen LogP contribution in [0.5, 0.6) is 11.5 Å². The van der Waals surface area contributed by atoms with Gasteiger partial charge >= 0.3 is 0 Å². The predicted molar refractivity (Wildman–Crippen MR) is 77.4 cm³/mol. The third-order valence-corrected chi connectivity index (χ3v) is 3.22. The highest BCUT2D eigenvalue weighted by Gasteiger charge is 2.07. The van der Waals surface area contributed by atoms with Gasteiger partial charge < -0.3 is 15.6 Å². The molecule has 0 atom stereocenters. The number of hydrogen-bond acceptors (Lipinski definition) is 3. The van der Waals surface area contributed by atoms with Crippen LogP contribution in [0, 0.1) is 6.92 Å². The van der Waals surface area contributed by atoms with Crippen LogP contribution < -0.4 is 10.5 Å². The summed E-state index contributed by atoms with van der Waals surface area (Å²) in [5, 5.41) is 9.37. The molecule has 0 fully saturated rings. The molecule has 0 amide bonds. The van der Waals surface area contributed by atoms with Gasteiger partial charge in [0.15, 0.2) is 0 Å². The molecular formula is C16H19NO2. The summed E-state index contributed by atoms with van der Waals surface area (Å²) >= 11 is 0. The van der Waals surface area contributed by atoms with Gasteiger partial charge in [-0.15, -0.1) is 0 Å². The number of aryl methyl sites for hydroxylation is 2. The topological polar surface area (TPSA) is 55.5 Å². The molecule has 2 aromatic carbocycles. The molecule has 0 bridgehead atoms. The van der Waals surface area contributed by atoms with E-state index in [0.29, 0.717) is 6.61 Å². The molecule has 0 heterocycles. The molecule has 3 heteroatoms. The van der Waals surface area contributed by atoms with Crippen LogP contribution in [-0.4, -0.2) is 5.11 Å². The van der Waals surface area contributed by atoms with Crippen molar-refractivity contribution in [3.8, 4) is 11.5 Å². The number of nitrogens with two attached hydrogens (primary N) is 1. The van der Waals surface area contributed by atoms with Crippen LogP contribution in [0.25, 0.3) is 0 Å². The fourth-order valence-electron chi connectivity index (χ4n) is 2.11. The maximum absolute atomic E-state index is 9.37. The van der Waals surface area contributed by atoms with Crippen LogP contribution in [0.2, 0.25) is 0 Å². The van der Waals surface area contributed by atoms with Crippen LogP contribution in [0.15, 0.2) is 36.4 Å². The average molecular weight is 257 g/mol. The third-order valence-electron chi connectivity index (χ3n) is 3.22. The van der Waals surface area contributed by atoms with Crippen LogP contribution in [0.4, 0.5) is 5.69 Å². The molecule has 0 aliphatic heterocycles. The number of rotatable bonds is 4. The van der Waals surface area contributed by atoms with Gasteiger partial charge in [0.05, 0.1) is 0 Å². The fourth-order valence-corrected chi connectivity index (χ4v) is 2.11. The molecule has 2 rings (SSSR count). The van der Waals surface area contributed by atoms with Crippen molar-refractivity contribution >= 4 is 5.69 Å². The van der Waals surface area contributed by atoms with Gasteiger partial charge in [0, 0.05) is 11.3 Å². The third kappa shape index (κ3) is 2.99. The van der Waals surface area contributed by atoms with Gasteiger partial charge in [0.1, 0.15) is 18.1 Å². The second-order valence-corrected chi connectivity index (χ2v) is 4.58. The summed E-state index contributed by atoms with van der Waals surface area (Å²) < 4.78 is 5.81. The number of nitrogen functional groups attached to an aromatic ring is 1. The lowest BCUT2D eigenvalue weighted by Gasteiger charge is -2.14. The number of phenolic OH excluding ortho intramolecular Hbond substituents is 1. The lowest BCUT2D eigenvalue weighted by molar-refractivity contribution is 0.303. The number of aromatic hydroxyl groups is 1. The minimum atomic E-state index is 0.248. The van der Waals surface area contributed by atoms with Crippen molar-refractivity contribution in [2.75, 3.05) is 5.73 Å². The first-order chi connectivity index (χ1) is 9.11. The van der Waals surface area contributed by atoms with Crippen molar-refractivity contribution in [2.24, 2.45) is 0 Å². The Morgan fingerprint density at radius 2 is 2.00 bits per heavy atom. The summed E-state index contributed by atoms with van der Waals surface area (Å²) in [6.07, 6.45) is 0.929. The quantitative estimate of drug-likeness (QED) is 0.825. The highest BCUT2D eigenvalue weighted by Crippen LogP contribution is 2.25. The Morgan fingerprint density at radius 3 is 2.68 bits per heavy atom. The number of hydrogen-bond donors (Lipinski definition) is 2.